The van der Waals surface area contributed by atoms with Crippen molar-refractivity contribution in [2.75, 3.05) is 7.11 Å². The molecule has 1 aromatic carbocycles. The molecule has 0 aliphatic heterocycles. The van der Waals surface area contributed by atoms with Crippen molar-refractivity contribution in [3.05, 3.63) is 52.5 Å². The second-order valence-electron chi connectivity index (χ2n) is 4.86. The fourth-order valence-corrected chi connectivity index (χ4v) is 2.63. The Kier molecular flexibility index (Phi) is 4.38. The molecule has 0 bridgehead atoms. The van der Waals surface area contributed by atoms with Gasteiger partial charge < -0.3 is 14.6 Å². The normalized spacial score (nSPS) is 11.9. The summed E-state index contributed by atoms with van der Waals surface area (Å²) in [4.78, 5) is 17.0. The molecule has 118 valence electrons. The minimum atomic E-state index is -0.371. The van der Waals surface area contributed by atoms with Crippen LogP contribution in [-0.2, 0) is 0 Å². The van der Waals surface area contributed by atoms with E-state index in [9.17, 15) is 4.79 Å². The Balaban J connectivity index is 1.71. The van der Waals surface area contributed by atoms with E-state index >= 15 is 0 Å². The lowest BCUT2D eigenvalue weighted by atomic mass is 10.2. The zero-order valence-electron chi connectivity index (χ0n) is 12.6. The number of nitrogens with one attached hydrogen (secondary N) is 1. The topological polar surface area (TPSA) is 77.3 Å². The Hall–Kier alpha value is -2.67. The summed E-state index contributed by atoms with van der Waals surface area (Å²) >= 11 is 1.38. The molecular formula is C16H15N3O3S. The molecule has 2 heterocycles. The molecule has 1 N–H and O–H groups in total. The Morgan fingerprint density at radius 3 is 2.74 bits per heavy atom. The second-order valence-corrected chi connectivity index (χ2v) is 5.80. The number of amides is 1. The fourth-order valence-electron chi connectivity index (χ4n) is 2.01. The van der Waals surface area contributed by atoms with Gasteiger partial charge in [-0.25, -0.2) is 0 Å². The number of nitrogens with zero attached hydrogens (tertiary/aromatic N) is 2. The van der Waals surface area contributed by atoms with E-state index in [2.05, 4.69) is 15.5 Å². The molecule has 0 saturated heterocycles. The highest BCUT2D eigenvalue weighted by atomic mass is 32.1. The van der Waals surface area contributed by atoms with Gasteiger partial charge in [-0.1, -0.05) is 11.2 Å². The lowest BCUT2D eigenvalue weighted by Gasteiger charge is -2.07. The van der Waals surface area contributed by atoms with E-state index in [1.807, 2.05) is 35.7 Å². The van der Waals surface area contributed by atoms with Crippen LogP contribution in [0.1, 0.15) is 28.5 Å². The predicted octanol–water partition coefficient (Wildman–Crippen LogP) is 3.30. The number of thiophene rings is 1. The van der Waals surface area contributed by atoms with Crippen molar-refractivity contribution in [2.24, 2.45) is 0 Å². The van der Waals surface area contributed by atoms with Gasteiger partial charge in [-0.05, 0) is 42.6 Å². The van der Waals surface area contributed by atoms with Gasteiger partial charge in [-0.2, -0.15) is 4.98 Å². The van der Waals surface area contributed by atoms with Crippen LogP contribution in [0, 0.1) is 0 Å². The molecule has 0 aliphatic rings. The van der Waals surface area contributed by atoms with Crippen molar-refractivity contribution < 1.29 is 14.1 Å². The number of benzene rings is 1. The van der Waals surface area contributed by atoms with E-state index in [4.69, 9.17) is 9.26 Å². The minimum absolute atomic E-state index is 0.156. The molecule has 0 spiro atoms. The Morgan fingerprint density at radius 1 is 1.30 bits per heavy atom. The van der Waals surface area contributed by atoms with E-state index in [0.717, 1.165) is 11.3 Å². The Labute approximate surface area is 137 Å². The van der Waals surface area contributed by atoms with Crippen LogP contribution in [-0.4, -0.2) is 23.2 Å². The van der Waals surface area contributed by atoms with Crippen molar-refractivity contribution >= 4 is 17.2 Å². The molecule has 6 nitrogen and oxygen atoms in total. The van der Waals surface area contributed by atoms with Crippen LogP contribution in [0.3, 0.4) is 0 Å². The van der Waals surface area contributed by atoms with E-state index in [1.165, 1.54) is 11.3 Å². The summed E-state index contributed by atoms with van der Waals surface area (Å²) in [6.45, 7) is 1.80. The standard InChI is InChI=1S/C16H15N3O3S/c1-10(17-15(20)13-4-3-9-23-13)16-18-14(19-22-16)11-5-7-12(21-2)8-6-11/h3-10H,1-2H3,(H,17,20). The van der Waals surface area contributed by atoms with Gasteiger partial charge in [0, 0.05) is 5.56 Å². The van der Waals surface area contributed by atoms with Crippen molar-refractivity contribution in [3.63, 3.8) is 0 Å². The van der Waals surface area contributed by atoms with Gasteiger partial charge in [-0.3, -0.25) is 4.79 Å². The second kappa shape index (κ2) is 6.62. The highest BCUT2D eigenvalue weighted by Crippen LogP contribution is 2.21. The molecule has 3 rings (SSSR count). The smallest absolute Gasteiger partial charge is 0.261 e. The highest BCUT2D eigenvalue weighted by molar-refractivity contribution is 7.12. The summed E-state index contributed by atoms with van der Waals surface area (Å²) < 4.78 is 10.4. The first-order chi connectivity index (χ1) is 11.2. The van der Waals surface area contributed by atoms with Crippen molar-refractivity contribution in [2.45, 2.75) is 13.0 Å². The number of carbonyl (C=O) groups excluding carboxylic acids is 1. The third-order valence-corrected chi connectivity index (χ3v) is 4.12. The molecule has 1 atom stereocenters. The zero-order chi connectivity index (χ0) is 16.2. The van der Waals surface area contributed by atoms with Crippen LogP contribution in [0.4, 0.5) is 0 Å². The van der Waals surface area contributed by atoms with Crippen LogP contribution < -0.4 is 10.1 Å². The van der Waals surface area contributed by atoms with Gasteiger partial charge in [0.05, 0.1) is 12.0 Å². The predicted molar refractivity (Wildman–Crippen MR) is 86.5 cm³/mol. The van der Waals surface area contributed by atoms with Gasteiger partial charge in [0.1, 0.15) is 11.8 Å². The molecule has 3 aromatic rings. The summed E-state index contributed by atoms with van der Waals surface area (Å²) in [5.74, 6) is 1.44. The van der Waals surface area contributed by atoms with Crippen molar-refractivity contribution in [1.29, 1.82) is 0 Å². The maximum atomic E-state index is 12.0. The molecule has 7 heteroatoms. The minimum Gasteiger partial charge on any atom is -0.497 e. The van der Waals surface area contributed by atoms with Gasteiger partial charge in [0.2, 0.25) is 11.7 Å². The molecule has 23 heavy (non-hydrogen) atoms. The largest absolute Gasteiger partial charge is 0.497 e. The maximum absolute atomic E-state index is 12.0. The monoisotopic (exact) mass is 329 g/mol. The molecule has 2 aromatic heterocycles. The number of carbonyl (C=O) groups is 1. The molecule has 0 aliphatic carbocycles. The maximum Gasteiger partial charge on any atom is 0.261 e. The van der Waals surface area contributed by atoms with E-state index in [0.29, 0.717) is 16.6 Å². The Morgan fingerprint density at radius 2 is 2.09 bits per heavy atom. The Bertz CT molecular complexity index is 781. The first kappa shape index (κ1) is 15.2. The molecule has 0 saturated carbocycles. The summed E-state index contributed by atoms with van der Waals surface area (Å²) in [7, 11) is 1.61. The van der Waals surface area contributed by atoms with Crippen LogP contribution in [0.2, 0.25) is 0 Å². The van der Waals surface area contributed by atoms with Crippen molar-refractivity contribution in [3.8, 4) is 17.1 Å². The van der Waals surface area contributed by atoms with E-state index in [1.54, 1.807) is 20.1 Å². The third-order valence-electron chi connectivity index (χ3n) is 3.25. The quantitative estimate of drug-likeness (QED) is 0.777. The zero-order valence-corrected chi connectivity index (χ0v) is 13.5. The van der Waals surface area contributed by atoms with Gasteiger partial charge in [-0.15, -0.1) is 11.3 Å². The lowest BCUT2D eigenvalue weighted by Crippen LogP contribution is -2.26. The summed E-state index contributed by atoms with van der Waals surface area (Å²) in [6.07, 6.45) is 0. The van der Waals surface area contributed by atoms with Gasteiger partial charge >= 0.3 is 0 Å². The number of aromatic nitrogens is 2. The van der Waals surface area contributed by atoms with Gasteiger partial charge in [0.15, 0.2) is 0 Å². The highest BCUT2D eigenvalue weighted by Gasteiger charge is 2.18. The first-order valence-electron chi connectivity index (χ1n) is 7.00. The number of rotatable bonds is 5. The number of ether oxygens (including phenoxy) is 1. The SMILES string of the molecule is COc1ccc(-c2noc(C(C)NC(=O)c3cccs3)n2)cc1. The first-order valence-corrected chi connectivity index (χ1v) is 7.87. The molecule has 1 amide bonds. The average Bonchev–Trinajstić information content (AvgIpc) is 3.26. The number of hydrogen-bond acceptors (Lipinski definition) is 6. The van der Waals surface area contributed by atoms with Crippen LogP contribution >= 0.6 is 11.3 Å². The number of hydrogen-bond donors (Lipinski definition) is 1. The third kappa shape index (κ3) is 3.40. The van der Waals surface area contributed by atoms with E-state index in [-0.39, 0.29) is 11.9 Å². The van der Waals surface area contributed by atoms with Crippen LogP contribution in [0.25, 0.3) is 11.4 Å². The fraction of sp³-hybridized carbons (Fsp3) is 0.188. The van der Waals surface area contributed by atoms with E-state index < -0.39 is 0 Å². The number of methoxy groups -OCH3 is 1. The molecular weight excluding hydrogens is 314 g/mol. The average molecular weight is 329 g/mol. The summed E-state index contributed by atoms with van der Waals surface area (Å²) in [5.41, 5.74) is 0.817. The van der Waals surface area contributed by atoms with Gasteiger partial charge in [0.25, 0.3) is 5.91 Å². The van der Waals surface area contributed by atoms with Crippen molar-refractivity contribution in [1.82, 2.24) is 15.5 Å². The lowest BCUT2D eigenvalue weighted by molar-refractivity contribution is 0.0936. The molecule has 1 unspecified atom stereocenters. The van der Waals surface area contributed by atoms with Crippen LogP contribution in [0.5, 0.6) is 5.75 Å². The molecule has 0 radical (unpaired) electrons. The van der Waals surface area contributed by atoms with Crippen LogP contribution in [0.15, 0.2) is 46.3 Å². The summed E-state index contributed by atoms with van der Waals surface area (Å²) in [6, 6.07) is 10.6. The summed E-state index contributed by atoms with van der Waals surface area (Å²) in [5, 5.41) is 8.65. The molecule has 0 fully saturated rings.